The van der Waals surface area contributed by atoms with Crippen LogP contribution < -0.4 is 9.47 Å². The van der Waals surface area contributed by atoms with Gasteiger partial charge in [-0.05, 0) is 29.7 Å². The standard InChI is InChI=1S/C20H15NO4/c22-19-15(11-13-6-2-4-8-16(13)23-19)17-20(24-17)25-18-14-7-3-1-5-12(14)9-10-21-18/h1-11,17,19-20,22H. The lowest BCUT2D eigenvalue weighted by atomic mass is 10.0. The predicted octanol–water partition coefficient (Wildman–Crippen LogP) is 3.13. The minimum atomic E-state index is -1.03. The first kappa shape index (κ1) is 14.5. The SMILES string of the molecule is OC1Oc2ccccc2C=C1C1OC1Oc1nccc2ccccc12. The van der Waals surface area contributed by atoms with Crippen molar-refractivity contribution in [2.45, 2.75) is 18.7 Å². The third-order valence-corrected chi connectivity index (χ3v) is 4.41. The summed E-state index contributed by atoms with van der Waals surface area (Å²) in [6.07, 6.45) is 1.75. The van der Waals surface area contributed by atoms with E-state index in [4.69, 9.17) is 14.2 Å². The first-order valence-corrected chi connectivity index (χ1v) is 8.11. The van der Waals surface area contributed by atoms with E-state index in [1.54, 1.807) is 6.20 Å². The number of para-hydroxylation sites is 1. The van der Waals surface area contributed by atoms with Crippen LogP contribution in [0.25, 0.3) is 16.8 Å². The van der Waals surface area contributed by atoms with Gasteiger partial charge in [0.2, 0.25) is 18.5 Å². The van der Waals surface area contributed by atoms with E-state index in [1.165, 1.54) is 0 Å². The van der Waals surface area contributed by atoms with Crippen LogP contribution >= 0.6 is 0 Å². The summed E-state index contributed by atoms with van der Waals surface area (Å²) >= 11 is 0. The molecule has 1 fully saturated rings. The summed E-state index contributed by atoms with van der Waals surface area (Å²) in [6, 6.07) is 17.4. The third kappa shape index (κ3) is 2.54. The number of pyridine rings is 1. The minimum Gasteiger partial charge on any atom is -0.460 e. The number of fused-ring (bicyclic) bond motifs is 2. The van der Waals surface area contributed by atoms with Gasteiger partial charge in [-0.1, -0.05) is 36.4 Å². The van der Waals surface area contributed by atoms with E-state index in [-0.39, 0.29) is 6.10 Å². The average Bonchev–Trinajstić information content (AvgIpc) is 3.40. The number of aliphatic hydroxyl groups is 1. The first-order valence-electron chi connectivity index (χ1n) is 8.11. The Morgan fingerprint density at radius 2 is 1.84 bits per heavy atom. The Morgan fingerprint density at radius 1 is 1.00 bits per heavy atom. The van der Waals surface area contributed by atoms with Crippen LogP contribution in [0.1, 0.15) is 5.56 Å². The highest BCUT2D eigenvalue weighted by molar-refractivity contribution is 5.86. The Bertz CT molecular complexity index is 979. The van der Waals surface area contributed by atoms with Crippen LogP contribution in [0.3, 0.4) is 0 Å². The summed E-state index contributed by atoms with van der Waals surface area (Å²) in [5, 5.41) is 12.2. The van der Waals surface area contributed by atoms with Gasteiger partial charge in [-0.3, -0.25) is 0 Å². The van der Waals surface area contributed by atoms with Gasteiger partial charge in [0, 0.05) is 22.7 Å². The number of ether oxygens (including phenoxy) is 3. The number of hydrogen-bond donors (Lipinski definition) is 1. The van der Waals surface area contributed by atoms with E-state index in [0.29, 0.717) is 17.2 Å². The summed E-state index contributed by atoms with van der Waals surface area (Å²) in [7, 11) is 0. The molecule has 0 amide bonds. The van der Waals surface area contributed by atoms with Crippen molar-refractivity contribution in [3.05, 3.63) is 71.9 Å². The smallest absolute Gasteiger partial charge is 0.233 e. The van der Waals surface area contributed by atoms with Gasteiger partial charge in [-0.2, -0.15) is 0 Å². The van der Waals surface area contributed by atoms with Crippen molar-refractivity contribution in [2.24, 2.45) is 0 Å². The fraction of sp³-hybridized carbons (Fsp3) is 0.150. The highest BCUT2D eigenvalue weighted by Gasteiger charge is 2.48. The third-order valence-electron chi connectivity index (χ3n) is 4.41. The highest BCUT2D eigenvalue weighted by atomic mass is 16.8. The van der Waals surface area contributed by atoms with Crippen molar-refractivity contribution in [3.63, 3.8) is 0 Å². The molecular weight excluding hydrogens is 318 g/mol. The molecule has 1 saturated heterocycles. The summed E-state index contributed by atoms with van der Waals surface area (Å²) in [6.45, 7) is 0. The molecule has 0 aliphatic carbocycles. The van der Waals surface area contributed by atoms with Crippen molar-refractivity contribution in [1.82, 2.24) is 4.98 Å². The monoisotopic (exact) mass is 333 g/mol. The van der Waals surface area contributed by atoms with Gasteiger partial charge >= 0.3 is 0 Å². The maximum Gasteiger partial charge on any atom is 0.233 e. The minimum absolute atomic E-state index is 0.343. The second-order valence-corrected chi connectivity index (χ2v) is 6.03. The molecule has 2 aliphatic rings. The maximum absolute atomic E-state index is 10.2. The number of aliphatic hydroxyl groups excluding tert-OH is 1. The Balaban J connectivity index is 1.40. The zero-order valence-corrected chi connectivity index (χ0v) is 13.2. The van der Waals surface area contributed by atoms with E-state index in [2.05, 4.69) is 4.98 Å². The summed E-state index contributed by atoms with van der Waals surface area (Å²) in [4.78, 5) is 4.31. The Hall–Kier alpha value is -2.89. The van der Waals surface area contributed by atoms with Gasteiger partial charge in [0.15, 0.2) is 6.10 Å². The molecule has 3 atom stereocenters. The van der Waals surface area contributed by atoms with Crippen LogP contribution in [-0.2, 0) is 4.74 Å². The second-order valence-electron chi connectivity index (χ2n) is 6.03. The highest BCUT2D eigenvalue weighted by Crippen LogP contribution is 2.39. The topological polar surface area (TPSA) is 64.1 Å². The van der Waals surface area contributed by atoms with E-state index in [1.807, 2.05) is 60.7 Å². The first-order chi connectivity index (χ1) is 12.3. The van der Waals surface area contributed by atoms with Gasteiger partial charge in [0.05, 0.1) is 0 Å². The molecule has 5 rings (SSSR count). The van der Waals surface area contributed by atoms with Crippen LogP contribution in [0.5, 0.6) is 11.6 Å². The van der Waals surface area contributed by atoms with E-state index < -0.39 is 12.6 Å². The molecule has 0 bridgehead atoms. The molecule has 0 spiro atoms. The summed E-state index contributed by atoms with van der Waals surface area (Å²) in [5.41, 5.74) is 1.57. The number of nitrogens with zero attached hydrogens (tertiary/aromatic N) is 1. The van der Waals surface area contributed by atoms with Crippen LogP contribution in [0.15, 0.2) is 66.4 Å². The quantitative estimate of drug-likeness (QED) is 0.746. The fourth-order valence-electron chi connectivity index (χ4n) is 3.09. The van der Waals surface area contributed by atoms with Crippen molar-refractivity contribution in [2.75, 3.05) is 0 Å². The molecule has 0 saturated carbocycles. The molecule has 3 heterocycles. The largest absolute Gasteiger partial charge is 0.460 e. The molecule has 5 heteroatoms. The Labute approximate surface area is 144 Å². The fourth-order valence-corrected chi connectivity index (χ4v) is 3.09. The Morgan fingerprint density at radius 3 is 2.80 bits per heavy atom. The molecular formula is C20H15NO4. The van der Waals surface area contributed by atoms with Crippen molar-refractivity contribution >= 4 is 16.8 Å². The van der Waals surface area contributed by atoms with Gasteiger partial charge in [0.25, 0.3) is 0 Å². The lowest BCUT2D eigenvalue weighted by molar-refractivity contribution is 0.00833. The van der Waals surface area contributed by atoms with Gasteiger partial charge in [0.1, 0.15) is 5.75 Å². The molecule has 5 nitrogen and oxygen atoms in total. The van der Waals surface area contributed by atoms with Gasteiger partial charge in [-0.25, -0.2) is 4.98 Å². The zero-order chi connectivity index (χ0) is 16.8. The van der Waals surface area contributed by atoms with Crippen molar-refractivity contribution in [3.8, 4) is 11.6 Å². The zero-order valence-electron chi connectivity index (χ0n) is 13.2. The average molecular weight is 333 g/mol. The molecule has 1 aromatic heterocycles. The number of benzene rings is 2. The lowest BCUT2D eigenvalue weighted by Crippen LogP contribution is -2.26. The maximum atomic E-state index is 10.2. The molecule has 2 aliphatic heterocycles. The summed E-state index contributed by atoms with van der Waals surface area (Å²) < 4.78 is 17.1. The second kappa shape index (κ2) is 5.58. The van der Waals surface area contributed by atoms with Gasteiger partial charge < -0.3 is 19.3 Å². The van der Waals surface area contributed by atoms with E-state index in [0.717, 1.165) is 16.3 Å². The molecule has 2 aromatic carbocycles. The van der Waals surface area contributed by atoms with Crippen molar-refractivity contribution < 1.29 is 19.3 Å². The van der Waals surface area contributed by atoms with Crippen LogP contribution in [-0.4, -0.2) is 28.8 Å². The summed E-state index contributed by atoms with van der Waals surface area (Å²) in [5.74, 6) is 1.19. The normalized spacial score (nSPS) is 24.2. The van der Waals surface area contributed by atoms with E-state index in [9.17, 15) is 5.11 Å². The molecule has 124 valence electrons. The van der Waals surface area contributed by atoms with E-state index >= 15 is 0 Å². The number of aromatic nitrogens is 1. The van der Waals surface area contributed by atoms with Gasteiger partial charge in [-0.15, -0.1) is 0 Å². The molecule has 0 radical (unpaired) electrons. The van der Waals surface area contributed by atoms with Crippen LogP contribution in [0, 0.1) is 0 Å². The molecule has 25 heavy (non-hydrogen) atoms. The molecule has 1 N–H and O–H groups in total. The number of epoxide rings is 1. The molecule has 3 unspecified atom stereocenters. The van der Waals surface area contributed by atoms with Crippen LogP contribution in [0.2, 0.25) is 0 Å². The van der Waals surface area contributed by atoms with Crippen molar-refractivity contribution in [1.29, 1.82) is 0 Å². The lowest BCUT2D eigenvalue weighted by Gasteiger charge is -2.22. The number of hydrogen-bond acceptors (Lipinski definition) is 5. The molecule has 3 aromatic rings. The number of rotatable bonds is 3. The Kier molecular flexibility index (Phi) is 3.23. The predicted molar refractivity (Wildman–Crippen MR) is 92.1 cm³/mol. The van der Waals surface area contributed by atoms with Crippen LogP contribution in [0.4, 0.5) is 0 Å².